The van der Waals surface area contributed by atoms with Gasteiger partial charge in [0.15, 0.2) is 0 Å². The highest BCUT2D eigenvalue weighted by Crippen LogP contribution is 2.32. The number of benzene rings is 1. The summed E-state index contributed by atoms with van der Waals surface area (Å²) in [6.07, 6.45) is 6.52. The fraction of sp³-hybridized carbons (Fsp3) is 0.478. The van der Waals surface area contributed by atoms with E-state index in [1.165, 1.54) is 23.2 Å². The van der Waals surface area contributed by atoms with Crippen LogP contribution in [0, 0.1) is 0 Å². The predicted molar refractivity (Wildman–Crippen MR) is 115 cm³/mol. The van der Waals surface area contributed by atoms with Crippen LogP contribution >= 0.6 is 0 Å². The average molecular weight is 409 g/mol. The molecule has 0 spiro atoms. The first-order valence-electron chi connectivity index (χ1n) is 10.8. The maximum absolute atomic E-state index is 13.2. The highest BCUT2D eigenvalue weighted by molar-refractivity contribution is 6.06. The Kier molecular flexibility index (Phi) is 5.97. The zero-order chi connectivity index (χ0) is 21.1. The third-order valence-corrected chi connectivity index (χ3v) is 6.03. The second-order valence-corrected chi connectivity index (χ2v) is 8.29. The Labute approximate surface area is 176 Å². The van der Waals surface area contributed by atoms with Crippen LogP contribution in [0.1, 0.15) is 61.5 Å². The van der Waals surface area contributed by atoms with Crippen LogP contribution in [0.3, 0.4) is 0 Å². The van der Waals surface area contributed by atoms with Crippen LogP contribution in [0.25, 0.3) is 0 Å². The molecule has 1 aromatic heterocycles. The van der Waals surface area contributed by atoms with E-state index < -0.39 is 0 Å². The summed E-state index contributed by atoms with van der Waals surface area (Å²) in [6, 6.07) is 10.9. The van der Waals surface area contributed by atoms with Gasteiger partial charge in [-0.15, -0.1) is 0 Å². The molecular formula is C23H28N4O3. The number of amides is 2. The third-order valence-electron chi connectivity index (χ3n) is 6.03. The van der Waals surface area contributed by atoms with Crippen LogP contribution in [-0.2, 0) is 17.8 Å². The van der Waals surface area contributed by atoms with Crippen LogP contribution in [0.2, 0.25) is 0 Å². The Bertz CT molecular complexity index is 994. The third kappa shape index (κ3) is 4.30. The van der Waals surface area contributed by atoms with Gasteiger partial charge in [0.2, 0.25) is 5.91 Å². The summed E-state index contributed by atoms with van der Waals surface area (Å²) < 4.78 is 1.22. The van der Waals surface area contributed by atoms with E-state index in [1.807, 2.05) is 31.2 Å². The number of rotatable bonds is 5. The van der Waals surface area contributed by atoms with E-state index in [0.717, 1.165) is 43.4 Å². The van der Waals surface area contributed by atoms with E-state index in [2.05, 4.69) is 10.4 Å². The van der Waals surface area contributed by atoms with Crippen LogP contribution in [0.5, 0.6) is 0 Å². The number of nitrogens with one attached hydrogen (secondary N) is 1. The highest BCUT2D eigenvalue weighted by Gasteiger charge is 2.32. The van der Waals surface area contributed by atoms with E-state index in [-0.39, 0.29) is 48.1 Å². The lowest BCUT2D eigenvalue weighted by Gasteiger charge is -2.23. The van der Waals surface area contributed by atoms with Crippen LogP contribution in [-0.4, -0.2) is 33.7 Å². The van der Waals surface area contributed by atoms with Gasteiger partial charge in [-0.3, -0.25) is 14.4 Å². The van der Waals surface area contributed by atoms with Crippen molar-refractivity contribution >= 4 is 17.5 Å². The molecule has 7 nitrogen and oxygen atoms in total. The zero-order valence-electron chi connectivity index (χ0n) is 17.3. The maximum atomic E-state index is 13.2. The van der Waals surface area contributed by atoms with Gasteiger partial charge in [-0.1, -0.05) is 37.5 Å². The minimum absolute atomic E-state index is 0.0262. The molecule has 2 aliphatic rings. The van der Waals surface area contributed by atoms with Crippen molar-refractivity contribution in [3.63, 3.8) is 0 Å². The van der Waals surface area contributed by atoms with Gasteiger partial charge in [-0.05, 0) is 43.9 Å². The summed E-state index contributed by atoms with van der Waals surface area (Å²) in [4.78, 5) is 39.4. The molecule has 30 heavy (non-hydrogen) atoms. The van der Waals surface area contributed by atoms with Crippen molar-refractivity contribution in [1.29, 1.82) is 0 Å². The van der Waals surface area contributed by atoms with Gasteiger partial charge in [-0.25, -0.2) is 4.68 Å². The lowest BCUT2D eigenvalue weighted by atomic mass is 9.95. The number of carbonyl (C=O) groups excluding carboxylic acids is 2. The highest BCUT2D eigenvalue weighted by atomic mass is 16.2. The van der Waals surface area contributed by atoms with E-state index in [4.69, 9.17) is 0 Å². The summed E-state index contributed by atoms with van der Waals surface area (Å²) in [6.45, 7) is 2.16. The summed E-state index contributed by atoms with van der Waals surface area (Å²) in [5, 5.41) is 7.33. The Morgan fingerprint density at radius 2 is 1.87 bits per heavy atom. The van der Waals surface area contributed by atoms with E-state index in [1.54, 1.807) is 4.90 Å². The normalized spacial score (nSPS) is 18.8. The van der Waals surface area contributed by atoms with Gasteiger partial charge in [0, 0.05) is 30.3 Å². The Morgan fingerprint density at radius 3 is 2.67 bits per heavy atom. The molecular weight excluding hydrogens is 380 g/mol. The number of hydrogen-bond donors (Lipinski definition) is 1. The van der Waals surface area contributed by atoms with Gasteiger partial charge in [0.25, 0.3) is 11.5 Å². The summed E-state index contributed by atoms with van der Waals surface area (Å²) in [7, 11) is 0. The number of aromatic nitrogens is 2. The van der Waals surface area contributed by atoms with Crippen molar-refractivity contribution in [1.82, 2.24) is 15.1 Å². The van der Waals surface area contributed by atoms with Crippen LogP contribution in [0.15, 0.2) is 41.2 Å². The average Bonchev–Trinajstić information content (AvgIpc) is 3.09. The first-order chi connectivity index (χ1) is 14.5. The number of carbonyl (C=O) groups is 2. The first-order valence-corrected chi connectivity index (χ1v) is 10.8. The van der Waals surface area contributed by atoms with Gasteiger partial charge in [0.1, 0.15) is 5.69 Å². The minimum Gasteiger partial charge on any atom is -0.353 e. The molecule has 0 bridgehead atoms. The topological polar surface area (TPSA) is 84.3 Å². The molecule has 2 amide bonds. The molecule has 4 rings (SSSR count). The largest absolute Gasteiger partial charge is 0.353 e. The molecule has 1 fully saturated rings. The van der Waals surface area contributed by atoms with E-state index >= 15 is 0 Å². The molecule has 1 atom stereocenters. The predicted octanol–water partition coefficient (Wildman–Crippen LogP) is 2.67. The second kappa shape index (κ2) is 8.81. The van der Waals surface area contributed by atoms with E-state index in [0.29, 0.717) is 0 Å². The zero-order valence-corrected chi connectivity index (χ0v) is 17.3. The lowest BCUT2D eigenvalue weighted by Crippen LogP contribution is -2.38. The quantitative estimate of drug-likeness (QED) is 0.824. The first kappa shape index (κ1) is 20.3. The molecule has 1 N–H and O–H groups in total. The van der Waals surface area contributed by atoms with Crippen LogP contribution < -0.4 is 15.8 Å². The SMILES string of the molecule is C[C@H]1Cc2ccccc2N1C(=O)c1ccc(=O)n(CCC(=O)NC2CCCCC2)n1. The molecule has 2 heterocycles. The smallest absolute Gasteiger partial charge is 0.278 e. The minimum atomic E-state index is -0.313. The van der Waals surface area contributed by atoms with Gasteiger partial charge in [0.05, 0.1) is 6.54 Å². The summed E-state index contributed by atoms with van der Waals surface area (Å²) in [5.74, 6) is -0.303. The molecule has 7 heteroatoms. The van der Waals surface area contributed by atoms with Crippen molar-refractivity contribution in [2.24, 2.45) is 0 Å². The van der Waals surface area contributed by atoms with Crippen molar-refractivity contribution in [3.05, 3.63) is 58.0 Å². The number of hydrogen-bond acceptors (Lipinski definition) is 4. The number of nitrogens with zero attached hydrogens (tertiary/aromatic N) is 3. The Hall–Kier alpha value is -2.96. The number of fused-ring (bicyclic) bond motifs is 1. The van der Waals surface area contributed by atoms with Gasteiger partial charge >= 0.3 is 0 Å². The second-order valence-electron chi connectivity index (χ2n) is 8.29. The summed E-state index contributed by atoms with van der Waals surface area (Å²) in [5.41, 5.74) is 1.92. The fourth-order valence-electron chi connectivity index (χ4n) is 4.48. The molecule has 158 valence electrons. The van der Waals surface area contributed by atoms with Crippen LogP contribution in [0.4, 0.5) is 5.69 Å². The Balaban J connectivity index is 1.45. The van der Waals surface area contributed by atoms with Gasteiger partial charge < -0.3 is 10.2 Å². The molecule has 1 aliphatic carbocycles. The molecule has 0 unspecified atom stereocenters. The molecule has 1 saturated carbocycles. The maximum Gasteiger partial charge on any atom is 0.278 e. The van der Waals surface area contributed by atoms with Crippen molar-refractivity contribution in [3.8, 4) is 0 Å². The molecule has 0 saturated heterocycles. The molecule has 0 radical (unpaired) electrons. The summed E-state index contributed by atoms with van der Waals surface area (Å²) >= 11 is 0. The number of para-hydroxylation sites is 1. The van der Waals surface area contributed by atoms with E-state index in [9.17, 15) is 14.4 Å². The monoisotopic (exact) mass is 408 g/mol. The van der Waals surface area contributed by atoms with Crippen molar-refractivity contribution < 1.29 is 9.59 Å². The fourth-order valence-corrected chi connectivity index (χ4v) is 4.48. The Morgan fingerprint density at radius 1 is 1.10 bits per heavy atom. The number of aryl methyl sites for hydroxylation is 1. The van der Waals surface area contributed by atoms with Gasteiger partial charge in [-0.2, -0.15) is 5.10 Å². The van der Waals surface area contributed by atoms with Crippen molar-refractivity contribution in [2.75, 3.05) is 4.90 Å². The van der Waals surface area contributed by atoms with Crippen molar-refractivity contribution in [2.45, 2.75) is 70.5 Å². The molecule has 1 aliphatic heterocycles. The molecule has 1 aromatic carbocycles. The molecule has 2 aromatic rings. The lowest BCUT2D eigenvalue weighted by molar-refractivity contribution is -0.122. The standard InChI is InChI=1S/C23H28N4O3/c1-16-15-17-7-5-6-10-20(17)27(16)23(30)19-11-12-22(29)26(25-19)14-13-21(28)24-18-8-3-2-4-9-18/h5-7,10-12,16,18H,2-4,8-9,13-15H2,1H3,(H,24,28)/t16-/m0/s1. The number of anilines is 1.